The molecule has 5 heteroatoms. The summed E-state index contributed by atoms with van der Waals surface area (Å²) in [5.74, 6) is 0.791. The Morgan fingerprint density at radius 3 is 3.00 bits per heavy atom. The fraction of sp³-hybridized carbons (Fsp3) is 0.375. The van der Waals surface area contributed by atoms with Gasteiger partial charge >= 0.3 is 0 Å². The smallest absolute Gasteiger partial charge is 0.140 e. The third kappa shape index (κ3) is 2.83. The van der Waals surface area contributed by atoms with Crippen molar-refractivity contribution < 1.29 is 4.74 Å². The van der Waals surface area contributed by atoms with Crippen LogP contribution in [0.4, 0.5) is 5.82 Å². The molecule has 21 heavy (non-hydrogen) atoms. The summed E-state index contributed by atoms with van der Waals surface area (Å²) in [5.41, 5.74) is 7.33. The van der Waals surface area contributed by atoms with Crippen molar-refractivity contribution in [3.8, 4) is 0 Å². The number of pyridine rings is 1. The van der Waals surface area contributed by atoms with Crippen LogP contribution in [0.5, 0.6) is 0 Å². The van der Waals surface area contributed by atoms with E-state index in [4.69, 9.17) is 15.9 Å². The predicted octanol–water partition coefficient (Wildman–Crippen LogP) is 2.13. The number of hydrogen-bond donors (Lipinski definition) is 2. The average molecular weight is 284 g/mol. The minimum absolute atomic E-state index is 0.0439. The quantitative estimate of drug-likeness (QED) is 0.666. The van der Waals surface area contributed by atoms with Gasteiger partial charge in [0.15, 0.2) is 0 Å². The largest absolute Gasteiger partial charge is 0.384 e. The second kappa shape index (κ2) is 5.69. The number of nitrogen functional groups attached to an aromatic ring is 1. The van der Waals surface area contributed by atoms with Crippen LogP contribution in [0.25, 0.3) is 10.9 Å². The highest BCUT2D eigenvalue weighted by molar-refractivity contribution is 6.02. The maximum absolute atomic E-state index is 7.81. The number of amidine groups is 1. The second-order valence-electron chi connectivity index (χ2n) is 5.48. The highest BCUT2D eigenvalue weighted by atomic mass is 16.5. The van der Waals surface area contributed by atoms with E-state index in [9.17, 15) is 0 Å². The van der Waals surface area contributed by atoms with Gasteiger partial charge in [-0.3, -0.25) is 5.41 Å². The Morgan fingerprint density at radius 1 is 1.48 bits per heavy atom. The summed E-state index contributed by atoms with van der Waals surface area (Å²) in [6.07, 6.45) is 2.43. The molecule has 1 fully saturated rings. The number of anilines is 1. The zero-order valence-electron chi connectivity index (χ0n) is 12.2. The minimum atomic E-state index is 0.0439. The van der Waals surface area contributed by atoms with Crippen molar-refractivity contribution in [1.29, 1.82) is 5.41 Å². The maximum Gasteiger partial charge on any atom is 0.140 e. The Morgan fingerprint density at radius 2 is 2.29 bits per heavy atom. The van der Waals surface area contributed by atoms with Crippen LogP contribution >= 0.6 is 0 Å². The van der Waals surface area contributed by atoms with Gasteiger partial charge in [0.2, 0.25) is 0 Å². The fourth-order valence-electron chi connectivity index (χ4n) is 2.78. The average Bonchev–Trinajstić information content (AvgIpc) is 2.98. The van der Waals surface area contributed by atoms with Crippen molar-refractivity contribution in [3.05, 3.63) is 35.9 Å². The van der Waals surface area contributed by atoms with Crippen LogP contribution in [-0.4, -0.2) is 37.1 Å². The number of para-hydroxylation sites is 1. The highest BCUT2D eigenvalue weighted by Gasteiger charge is 2.20. The summed E-state index contributed by atoms with van der Waals surface area (Å²) in [6.45, 7) is 1.61. The fourth-order valence-corrected chi connectivity index (χ4v) is 2.78. The van der Waals surface area contributed by atoms with Gasteiger partial charge in [-0.25, -0.2) is 4.98 Å². The van der Waals surface area contributed by atoms with Gasteiger partial charge in [-0.05, 0) is 25.0 Å². The SMILES string of the molecule is CN(CC1CCCO1)c1nc2ccccc2cc1C(=N)N. The molecule has 0 spiro atoms. The van der Waals surface area contributed by atoms with Crippen molar-refractivity contribution in [2.45, 2.75) is 18.9 Å². The molecular weight excluding hydrogens is 264 g/mol. The maximum atomic E-state index is 7.81. The van der Waals surface area contributed by atoms with Gasteiger partial charge in [0.1, 0.15) is 11.7 Å². The van der Waals surface area contributed by atoms with Crippen LogP contribution in [0.1, 0.15) is 18.4 Å². The molecule has 1 saturated heterocycles. The monoisotopic (exact) mass is 284 g/mol. The van der Waals surface area contributed by atoms with E-state index in [1.807, 2.05) is 42.3 Å². The summed E-state index contributed by atoms with van der Waals surface area (Å²) in [6, 6.07) is 9.82. The van der Waals surface area contributed by atoms with Crippen molar-refractivity contribution in [1.82, 2.24) is 4.98 Å². The Labute approximate surface area is 124 Å². The van der Waals surface area contributed by atoms with Gasteiger partial charge < -0.3 is 15.4 Å². The lowest BCUT2D eigenvalue weighted by Crippen LogP contribution is -2.31. The molecule has 0 saturated carbocycles. The first-order valence-electron chi connectivity index (χ1n) is 7.22. The van der Waals surface area contributed by atoms with Gasteiger partial charge in [0.05, 0.1) is 17.2 Å². The number of likely N-dealkylation sites (N-methyl/N-ethyl adjacent to an activating group) is 1. The van der Waals surface area contributed by atoms with Gasteiger partial charge in [-0.15, -0.1) is 0 Å². The number of ether oxygens (including phenoxy) is 1. The van der Waals surface area contributed by atoms with E-state index >= 15 is 0 Å². The number of hydrogen-bond acceptors (Lipinski definition) is 4. The third-order valence-electron chi connectivity index (χ3n) is 3.86. The van der Waals surface area contributed by atoms with E-state index in [1.54, 1.807) is 0 Å². The predicted molar refractivity (Wildman–Crippen MR) is 85.0 cm³/mol. The van der Waals surface area contributed by atoms with E-state index in [-0.39, 0.29) is 11.9 Å². The molecule has 0 radical (unpaired) electrons. The summed E-state index contributed by atoms with van der Waals surface area (Å²) in [7, 11) is 1.98. The van der Waals surface area contributed by atoms with Crippen molar-refractivity contribution in [3.63, 3.8) is 0 Å². The second-order valence-corrected chi connectivity index (χ2v) is 5.48. The summed E-state index contributed by atoms with van der Waals surface area (Å²) in [5, 5.41) is 8.81. The summed E-state index contributed by atoms with van der Waals surface area (Å²) >= 11 is 0. The van der Waals surface area contributed by atoms with Crippen LogP contribution in [0.3, 0.4) is 0 Å². The van der Waals surface area contributed by atoms with E-state index < -0.39 is 0 Å². The third-order valence-corrected chi connectivity index (χ3v) is 3.86. The molecule has 1 atom stereocenters. The van der Waals surface area contributed by atoms with Crippen LogP contribution in [0, 0.1) is 5.41 Å². The van der Waals surface area contributed by atoms with Crippen LogP contribution in [0.2, 0.25) is 0 Å². The Balaban J connectivity index is 1.98. The normalized spacial score (nSPS) is 18.0. The Bertz CT molecular complexity index is 664. The topological polar surface area (TPSA) is 75.2 Å². The Kier molecular flexibility index (Phi) is 3.75. The molecule has 1 unspecified atom stereocenters. The first kappa shape index (κ1) is 13.8. The number of nitrogens with one attached hydrogen (secondary N) is 1. The molecule has 0 aliphatic carbocycles. The lowest BCUT2D eigenvalue weighted by molar-refractivity contribution is 0.116. The lowest BCUT2D eigenvalue weighted by Gasteiger charge is -2.24. The van der Waals surface area contributed by atoms with Crippen molar-refractivity contribution in [2.24, 2.45) is 5.73 Å². The van der Waals surface area contributed by atoms with Crippen LogP contribution in [0.15, 0.2) is 30.3 Å². The molecule has 3 rings (SSSR count). The van der Waals surface area contributed by atoms with Gasteiger partial charge in [-0.2, -0.15) is 0 Å². The van der Waals surface area contributed by atoms with Crippen molar-refractivity contribution >= 4 is 22.6 Å². The standard InChI is InChI=1S/C16H20N4O/c1-20(10-12-6-4-8-21-12)16-13(15(17)18)9-11-5-2-3-7-14(11)19-16/h2-3,5,7,9,12H,4,6,8,10H2,1H3,(H3,17,18). The molecule has 0 bridgehead atoms. The van der Waals surface area contributed by atoms with E-state index in [0.29, 0.717) is 5.56 Å². The molecule has 1 aliphatic rings. The zero-order chi connectivity index (χ0) is 14.8. The van der Waals surface area contributed by atoms with E-state index in [0.717, 1.165) is 42.7 Å². The minimum Gasteiger partial charge on any atom is -0.384 e. The molecule has 110 valence electrons. The summed E-state index contributed by atoms with van der Waals surface area (Å²) < 4.78 is 5.68. The number of benzene rings is 1. The molecule has 0 amide bonds. The molecule has 3 N–H and O–H groups in total. The van der Waals surface area contributed by atoms with Gasteiger partial charge in [0, 0.05) is 25.6 Å². The molecule has 5 nitrogen and oxygen atoms in total. The molecule has 1 aromatic heterocycles. The molecule has 1 aliphatic heterocycles. The van der Waals surface area contributed by atoms with Gasteiger partial charge in [-0.1, -0.05) is 18.2 Å². The molecule has 1 aromatic carbocycles. The number of rotatable bonds is 4. The number of nitrogens with two attached hydrogens (primary N) is 1. The van der Waals surface area contributed by atoms with E-state index in [2.05, 4.69) is 4.98 Å². The number of fused-ring (bicyclic) bond motifs is 1. The molecule has 2 heterocycles. The number of nitrogens with zero attached hydrogens (tertiary/aromatic N) is 2. The summed E-state index contributed by atoms with van der Waals surface area (Å²) in [4.78, 5) is 6.73. The Hall–Kier alpha value is -2.14. The van der Waals surface area contributed by atoms with Gasteiger partial charge in [0.25, 0.3) is 0 Å². The highest BCUT2D eigenvalue weighted by Crippen LogP contribution is 2.24. The number of aromatic nitrogens is 1. The molecular formula is C16H20N4O. The van der Waals surface area contributed by atoms with E-state index in [1.165, 1.54) is 0 Å². The molecule has 2 aromatic rings. The van der Waals surface area contributed by atoms with Crippen molar-refractivity contribution in [2.75, 3.05) is 25.1 Å². The lowest BCUT2D eigenvalue weighted by atomic mass is 10.1. The van der Waals surface area contributed by atoms with Crippen LogP contribution in [-0.2, 0) is 4.74 Å². The first-order valence-corrected chi connectivity index (χ1v) is 7.22. The first-order chi connectivity index (χ1) is 10.1. The zero-order valence-corrected chi connectivity index (χ0v) is 12.2. The van der Waals surface area contributed by atoms with Crippen LogP contribution < -0.4 is 10.6 Å².